The van der Waals surface area contributed by atoms with Crippen LogP contribution >= 0.6 is 0 Å². The van der Waals surface area contributed by atoms with E-state index in [0.29, 0.717) is 6.54 Å². The second kappa shape index (κ2) is 10.6. The summed E-state index contributed by atoms with van der Waals surface area (Å²) in [5, 5.41) is 3.00. The second-order valence-electron chi connectivity index (χ2n) is 8.50. The zero-order valence-corrected chi connectivity index (χ0v) is 18.7. The lowest BCUT2D eigenvalue weighted by atomic mass is 10.2. The molecule has 2 aliphatic heterocycles. The Morgan fingerprint density at radius 2 is 1.50 bits per heavy atom. The molecule has 0 spiro atoms. The van der Waals surface area contributed by atoms with E-state index in [4.69, 9.17) is 4.74 Å². The number of likely N-dealkylation sites (tertiary alicyclic amines) is 1. The summed E-state index contributed by atoms with van der Waals surface area (Å²) >= 11 is 0. The summed E-state index contributed by atoms with van der Waals surface area (Å²) in [4.78, 5) is 31.5. The maximum Gasteiger partial charge on any atom is 0.241 e. The summed E-state index contributed by atoms with van der Waals surface area (Å²) in [5.74, 6) is 1.71. The van der Waals surface area contributed by atoms with Gasteiger partial charge in [-0.05, 0) is 56.2 Å². The number of nitrogens with zero attached hydrogens (tertiary/aromatic N) is 3. The maximum atomic E-state index is 12.8. The fraction of sp³-hybridized carbons (Fsp3) is 0.440. The highest BCUT2D eigenvalue weighted by Gasteiger charge is 2.27. The summed E-state index contributed by atoms with van der Waals surface area (Å²) in [6.45, 7) is 7.41. The fourth-order valence-electron chi connectivity index (χ4n) is 4.21. The number of para-hydroxylation sites is 1. The number of hydrogen-bond acceptors (Lipinski definition) is 5. The van der Waals surface area contributed by atoms with Gasteiger partial charge in [-0.25, -0.2) is 0 Å². The molecule has 2 aliphatic rings. The van der Waals surface area contributed by atoms with Crippen molar-refractivity contribution in [3.05, 3.63) is 54.6 Å². The van der Waals surface area contributed by atoms with Gasteiger partial charge in [0, 0.05) is 45.0 Å². The molecule has 170 valence electrons. The van der Waals surface area contributed by atoms with Crippen LogP contribution in [0, 0.1) is 0 Å². The molecule has 0 unspecified atom stereocenters. The lowest BCUT2D eigenvalue weighted by Gasteiger charge is -2.37. The van der Waals surface area contributed by atoms with Crippen LogP contribution in [0.2, 0.25) is 0 Å². The smallest absolute Gasteiger partial charge is 0.241 e. The molecule has 0 radical (unpaired) electrons. The first-order valence-corrected chi connectivity index (χ1v) is 11.5. The molecule has 2 heterocycles. The Hall–Kier alpha value is -2.90. The molecule has 0 aliphatic carbocycles. The van der Waals surface area contributed by atoms with Crippen LogP contribution in [0.25, 0.3) is 0 Å². The molecule has 7 heteroatoms. The van der Waals surface area contributed by atoms with Gasteiger partial charge < -0.3 is 15.0 Å². The third-order valence-corrected chi connectivity index (χ3v) is 6.25. The Kier molecular flexibility index (Phi) is 7.39. The highest BCUT2D eigenvalue weighted by molar-refractivity contribution is 5.94. The average Bonchev–Trinajstić information content (AvgIpc) is 3.36. The van der Waals surface area contributed by atoms with E-state index in [-0.39, 0.29) is 17.9 Å². The lowest BCUT2D eigenvalue weighted by Crippen LogP contribution is -2.54. The van der Waals surface area contributed by atoms with Crippen molar-refractivity contribution in [3.63, 3.8) is 0 Å². The van der Waals surface area contributed by atoms with Gasteiger partial charge in [0.05, 0.1) is 12.6 Å². The number of carbonyl (C=O) groups is 2. The quantitative estimate of drug-likeness (QED) is 0.723. The van der Waals surface area contributed by atoms with Crippen molar-refractivity contribution in [1.82, 2.24) is 14.7 Å². The van der Waals surface area contributed by atoms with Crippen molar-refractivity contribution in [2.45, 2.75) is 25.8 Å². The van der Waals surface area contributed by atoms with Crippen LogP contribution in [0.15, 0.2) is 54.6 Å². The zero-order chi connectivity index (χ0) is 22.3. The molecule has 2 aromatic carbocycles. The topological polar surface area (TPSA) is 65.1 Å². The van der Waals surface area contributed by atoms with Crippen LogP contribution in [0.3, 0.4) is 0 Å². The molecule has 1 N–H and O–H groups in total. The fourth-order valence-corrected chi connectivity index (χ4v) is 4.21. The summed E-state index contributed by atoms with van der Waals surface area (Å²) in [6, 6.07) is 16.8. The van der Waals surface area contributed by atoms with Gasteiger partial charge in [0.15, 0.2) is 0 Å². The predicted octanol–water partition coefficient (Wildman–Crippen LogP) is 3.05. The Morgan fingerprint density at radius 3 is 2.16 bits per heavy atom. The average molecular weight is 437 g/mol. The van der Waals surface area contributed by atoms with Crippen molar-refractivity contribution in [3.8, 4) is 11.5 Å². The van der Waals surface area contributed by atoms with Crippen molar-refractivity contribution in [2.75, 3.05) is 51.1 Å². The largest absolute Gasteiger partial charge is 0.457 e. The van der Waals surface area contributed by atoms with E-state index in [2.05, 4.69) is 15.1 Å². The standard InChI is InChI=1S/C25H32N4O3/c1-20(28-17-15-27(16-18-28)19-24(30)29-13-5-6-14-29)25(31)26-21-9-11-23(12-10-21)32-22-7-3-2-4-8-22/h2-4,7-12,20H,5-6,13-19H2,1H3,(H,26,31)/t20-/m1/s1. The molecule has 7 nitrogen and oxygen atoms in total. The number of rotatable bonds is 7. The maximum absolute atomic E-state index is 12.8. The van der Waals surface area contributed by atoms with E-state index in [9.17, 15) is 9.59 Å². The van der Waals surface area contributed by atoms with E-state index in [0.717, 1.165) is 69.3 Å². The van der Waals surface area contributed by atoms with Gasteiger partial charge in [0.1, 0.15) is 11.5 Å². The first-order chi connectivity index (χ1) is 15.6. The lowest BCUT2D eigenvalue weighted by molar-refractivity contribution is -0.132. The van der Waals surface area contributed by atoms with Crippen molar-refractivity contribution in [2.24, 2.45) is 0 Å². The molecular formula is C25H32N4O3. The van der Waals surface area contributed by atoms with E-state index in [1.807, 2.05) is 66.4 Å². The third kappa shape index (κ3) is 5.87. The van der Waals surface area contributed by atoms with Crippen molar-refractivity contribution < 1.29 is 14.3 Å². The Morgan fingerprint density at radius 1 is 0.875 bits per heavy atom. The van der Waals surface area contributed by atoms with Crippen LogP contribution in [-0.2, 0) is 9.59 Å². The highest BCUT2D eigenvalue weighted by atomic mass is 16.5. The minimum atomic E-state index is -0.230. The van der Waals surface area contributed by atoms with E-state index in [1.54, 1.807) is 0 Å². The number of hydrogen-bond donors (Lipinski definition) is 1. The van der Waals surface area contributed by atoms with E-state index >= 15 is 0 Å². The molecule has 1 atom stereocenters. The third-order valence-electron chi connectivity index (χ3n) is 6.25. The molecule has 0 aromatic heterocycles. The Bertz CT molecular complexity index is 889. The number of nitrogens with one attached hydrogen (secondary N) is 1. The van der Waals surface area contributed by atoms with Gasteiger partial charge >= 0.3 is 0 Å². The van der Waals surface area contributed by atoms with Crippen LogP contribution in [0.1, 0.15) is 19.8 Å². The first kappa shape index (κ1) is 22.3. The Balaban J connectivity index is 1.22. The highest BCUT2D eigenvalue weighted by Crippen LogP contribution is 2.23. The normalized spacial score (nSPS) is 18.3. The number of ether oxygens (including phenoxy) is 1. The molecule has 4 rings (SSSR count). The van der Waals surface area contributed by atoms with Gasteiger partial charge in [0.25, 0.3) is 0 Å². The first-order valence-electron chi connectivity index (χ1n) is 11.5. The molecule has 0 saturated carbocycles. The molecule has 2 fully saturated rings. The molecule has 2 aromatic rings. The molecular weight excluding hydrogens is 404 g/mol. The van der Waals surface area contributed by atoms with Crippen LogP contribution in [0.4, 0.5) is 5.69 Å². The number of amides is 2. The molecule has 2 saturated heterocycles. The number of carbonyl (C=O) groups excluding carboxylic acids is 2. The minimum absolute atomic E-state index is 0.0247. The summed E-state index contributed by atoms with van der Waals surface area (Å²) in [5.41, 5.74) is 0.747. The van der Waals surface area contributed by atoms with Crippen molar-refractivity contribution in [1.29, 1.82) is 0 Å². The molecule has 0 bridgehead atoms. The number of piperazine rings is 1. The SMILES string of the molecule is C[C@H](C(=O)Nc1ccc(Oc2ccccc2)cc1)N1CCN(CC(=O)N2CCCC2)CC1. The van der Waals surface area contributed by atoms with E-state index in [1.165, 1.54) is 0 Å². The van der Waals surface area contributed by atoms with Gasteiger partial charge in [0.2, 0.25) is 11.8 Å². The van der Waals surface area contributed by atoms with Gasteiger partial charge in [-0.1, -0.05) is 18.2 Å². The second-order valence-corrected chi connectivity index (χ2v) is 8.50. The predicted molar refractivity (Wildman–Crippen MR) is 125 cm³/mol. The van der Waals surface area contributed by atoms with Gasteiger partial charge in [-0.15, -0.1) is 0 Å². The van der Waals surface area contributed by atoms with Crippen LogP contribution < -0.4 is 10.1 Å². The minimum Gasteiger partial charge on any atom is -0.457 e. The van der Waals surface area contributed by atoms with Gasteiger partial charge in [-0.3, -0.25) is 19.4 Å². The molecule has 32 heavy (non-hydrogen) atoms. The summed E-state index contributed by atoms with van der Waals surface area (Å²) < 4.78 is 5.80. The van der Waals surface area contributed by atoms with E-state index < -0.39 is 0 Å². The van der Waals surface area contributed by atoms with Crippen LogP contribution in [-0.4, -0.2) is 78.4 Å². The monoisotopic (exact) mass is 436 g/mol. The van der Waals surface area contributed by atoms with Gasteiger partial charge in [-0.2, -0.15) is 0 Å². The van der Waals surface area contributed by atoms with Crippen molar-refractivity contribution >= 4 is 17.5 Å². The summed E-state index contributed by atoms with van der Waals surface area (Å²) in [6.07, 6.45) is 2.24. The molecule has 2 amide bonds. The number of benzene rings is 2. The summed E-state index contributed by atoms with van der Waals surface area (Å²) in [7, 11) is 0. The Labute approximate surface area is 189 Å². The number of anilines is 1. The zero-order valence-electron chi connectivity index (χ0n) is 18.7. The van der Waals surface area contributed by atoms with Crippen LogP contribution in [0.5, 0.6) is 11.5 Å².